The second-order valence-corrected chi connectivity index (χ2v) is 9.82. The van der Waals surface area contributed by atoms with E-state index in [-0.39, 0.29) is 0 Å². The molecule has 0 unspecified atom stereocenters. The fraction of sp³-hybridized carbons (Fsp3) is 0.435. The fourth-order valence-electron chi connectivity index (χ4n) is 5.40. The molecule has 2 aliphatic heterocycles. The van der Waals surface area contributed by atoms with Crippen molar-refractivity contribution in [3.05, 3.63) is 36.2 Å². The average molecular weight is 447 g/mol. The first-order chi connectivity index (χ1) is 15.7. The minimum Gasteiger partial charge on any atom is -0.339 e. The van der Waals surface area contributed by atoms with Crippen LogP contribution in [0.4, 0.5) is 5.95 Å². The third-order valence-electron chi connectivity index (χ3n) is 7.30. The fourth-order valence-corrected chi connectivity index (χ4v) is 6.24. The number of aromatic amines is 1. The quantitative estimate of drug-likeness (QED) is 0.507. The van der Waals surface area contributed by atoms with Gasteiger partial charge in [0.1, 0.15) is 5.69 Å². The number of rotatable bonds is 4. The van der Waals surface area contributed by atoms with Gasteiger partial charge >= 0.3 is 0 Å². The number of hydrogen-bond acceptors (Lipinski definition) is 8. The van der Waals surface area contributed by atoms with Crippen LogP contribution in [-0.4, -0.2) is 67.5 Å². The molecule has 8 nitrogen and oxygen atoms in total. The van der Waals surface area contributed by atoms with Gasteiger partial charge in [-0.25, -0.2) is 9.97 Å². The SMILES string of the molecule is CN(c1ncc(-c2ccc(-c3cn[nH]c3)c3ncsc23)nn1)C1C[C@@H]2CCC[C@@H](C1)N2C. The minimum absolute atomic E-state index is 0.469. The molecular weight excluding hydrogens is 420 g/mol. The van der Waals surface area contributed by atoms with Crippen LogP contribution in [-0.2, 0) is 0 Å². The Balaban J connectivity index is 1.27. The summed E-state index contributed by atoms with van der Waals surface area (Å²) in [7, 11) is 4.40. The predicted octanol–water partition coefficient (Wildman–Crippen LogP) is 3.99. The third-order valence-corrected chi connectivity index (χ3v) is 8.16. The smallest absolute Gasteiger partial charge is 0.245 e. The zero-order valence-electron chi connectivity index (χ0n) is 18.3. The molecule has 1 aromatic carbocycles. The average Bonchev–Trinajstić information content (AvgIpc) is 3.51. The number of H-pyrrole nitrogens is 1. The Labute approximate surface area is 190 Å². The maximum absolute atomic E-state index is 4.71. The van der Waals surface area contributed by atoms with E-state index in [1.807, 2.05) is 24.1 Å². The summed E-state index contributed by atoms with van der Waals surface area (Å²) >= 11 is 1.61. The van der Waals surface area contributed by atoms with Crippen LogP contribution in [0, 0.1) is 0 Å². The first kappa shape index (κ1) is 19.8. The van der Waals surface area contributed by atoms with Crippen molar-refractivity contribution in [2.24, 2.45) is 0 Å². The summed E-state index contributed by atoms with van der Waals surface area (Å²) in [4.78, 5) is 14.1. The highest BCUT2D eigenvalue weighted by molar-refractivity contribution is 7.17. The number of nitrogens with one attached hydrogen (secondary N) is 1. The molecule has 3 aromatic heterocycles. The van der Waals surface area contributed by atoms with Gasteiger partial charge in [-0.3, -0.25) is 5.10 Å². The molecule has 0 saturated carbocycles. The highest BCUT2D eigenvalue weighted by Crippen LogP contribution is 2.37. The van der Waals surface area contributed by atoms with Crippen molar-refractivity contribution in [3.8, 4) is 22.4 Å². The molecule has 2 bridgehead atoms. The van der Waals surface area contributed by atoms with Gasteiger partial charge in [-0.05, 0) is 32.7 Å². The van der Waals surface area contributed by atoms with Crippen LogP contribution in [0.1, 0.15) is 32.1 Å². The lowest BCUT2D eigenvalue weighted by Gasteiger charge is -2.49. The molecule has 6 rings (SSSR count). The largest absolute Gasteiger partial charge is 0.339 e. The van der Waals surface area contributed by atoms with E-state index < -0.39 is 0 Å². The first-order valence-corrected chi connectivity index (χ1v) is 12.1. The van der Waals surface area contributed by atoms with Gasteiger partial charge in [-0.1, -0.05) is 18.6 Å². The molecule has 9 heteroatoms. The number of piperidine rings is 2. The van der Waals surface area contributed by atoms with Gasteiger partial charge in [0.15, 0.2) is 0 Å². The second kappa shape index (κ2) is 7.90. The molecule has 0 aliphatic carbocycles. The molecule has 1 N–H and O–H groups in total. The van der Waals surface area contributed by atoms with Crippen molar-refractivity contribution in [1.29, 1.82) is 0 Å². The first-order valence-electron chi connectivity index (χ1n) is 11.2. The van der Waals surface area contributed by atoms with Gasteiger partial charge < -0.3 is 9.80 Å². The molecule has 164 valence electrons. The molecule has 0 spiro atoms. The van der Waals surface area contributed by atoms with Gasteiger partial charge in [-0.2, -0.15) is 5.10 Å². The van der Waals surface area contributed by atoms with Crippen LogP contribution in [0.25, 0.3) is 32.6 Å². The summed E-state index contributed by atoms with van der Waals surface area (Å²) in [6, 6.07) is 5.97. The number of thiazole rings is 1. The molecule has 2 atom stereocenters. The van der Waals surface area contributed by atoms with E-state index in [0.29, 0.717) is 24.1 Å². The zero-order valence-corrected chi connectivity index (χ0v) is 19.1. The Morgan fingerprint density at radius 1 is 1.06 bits per heavy atom. The minimum atomic E-state index is 0.469. The van der Waals surface area contributed by atoms with Crippen molar-refractivity contribution in [2.45, 2.75) is 50.2 Å². The predicted molar refractivity (Wildman–Crippen MR) is 127 cm³/mol. The van der Waals surface area contributed by atoms with Crippen LogP contribution in [0.2, 0.25) is 0 Å². The van der Waals surface area contributed by atoms with Crippen molar-refractivity contribution >= 4 is 27.5 Å². The zero-order chi connectivity index (χ0) is 21.7. The van der Waals surface area contributed by atoms with Crippen molar-refractivity contribution in [2.75, 3.05) is 19.0 Å². The maximum atomic E-state index is 4.71. The van der Waals surface area contributed by atoms with E-state index in [1.165, 1.54) is 32.1 Å². The van der Waals surface area contributed by atoms with Crippen LogP contribution in [0.5, 0.6) is 0 Å². The van der Waals surface area contributed by atoms with Gasteiger partial charge in [0, 0.05) is 48.1 Å². The van der Waals surface area contributed by atoms with Crippen molar-refractivity contribution in [1.82, 2.24) is 35.3 Å². The van der Waals surface area contributed by atoms with E-state index in [9.17, 15) is 0 Å². The summed E-state index contributed by atoms with van der Waals surface area (Å²) in [5, 5.41) is 16.0. The van der Waals surface area contributed by atoms with Crippen LogP contribution in [0.15, 0.2) is 36.2 Å². The van der Waals surface area contributed by atoms with E-state index in [2.05, 4.69) is 61.4 Å². The highest BCUT2D eigenvalue weighted by Gasteiger charge is 2.38. The Kier molecular flexibility index (Phi) is 4.87. The molecule has 32 heavy (non-hydrogen) atoms. The topological polar surface area (TPSA) is 86.7 Å². The summed E-state index contributed by atoms with van der Waals surface area (Å²) in [5.74, 6) is 0.706. The van der Waals surface area contributed by atoms with Gasteiger partial charge in [-0.15, -0.1) is 21.5 Å². The molecule has 5 heterocycles. The Morgan fingerprint density at radius 2 is 1.88 bits per heavy atom. The van der Waals surface area contributed by atoms with E-state index in [1.54, 1.807) is 11.3 Å². The lowest BCUT2D eigenvalue weighted by molar-refractivity contribution is 0.0556. The highest BCUT2D eigenvalue weighted by atomic mass is 32.1. The Hall–Kier alpha value is -2.91. The van der Waals surface area contributed by atoms with Crippen molar-refractivity contribution < 1.29 is 0 Å². The standard InChI is InChI=1S/C23H26N8S/c1-30-15-4-3-5-16(30)9-17(8-15)31(2)23-24-12-20(28-29-23)19-7-6-18(14-10-26-27-11-14)21-22(19)32-13-25-21/h6-7,10-13,15-17H,3-5,8-9H2,1-2H3,(H,26,27)/t15-,16-/m0/s1. The second-order valence-electron chi connectivity index (χ2n) is 8.96. The molecule has 2 aliphatic rings. The van der Waals surface area contributed by atoms with E-state index >= 15 is 0 Å². The van der Waals surface area contributed by atoms with E-state index in [4.69, 9.17) is 4.98 Å². The number of nitrogens with zero attached hydrogens (tertiary/aromatic N) is 7. The molecule has 2 fully saturated rings. The monoisotopic (exact) mass is 446 g/mol. The summed E-state index contributed by atoms with van der Waals surface area (Å²) in [6.45, 7) is 0. The van der Waals surface area contributed by atoms with Gasteiger partial charge in [0.25, 0.3) is 0 Å². The van der Waals surface area contributed by atoms with Crippen LogP contribution < -0.4 is 4.90 Å². The van der Waals surface area contributed by atoms with Crippen LogP contribution >= 0.6 is 11.3 Å². The lowest BCUT2D eigenvalue weighted by Crippen LogP contribution is -2.55. The number of hydrogen-bond donors (Lipinski definition) is 1. The molecule has 0 amide bonds. The Bertz CT molecular complexity index is 1200. The summed E-state index contributed by atoms with van der Waals surface area (Å²) in [6.07, 6.45) is 11.9. The number of aromatic nitrogens is 6. The maximum Gasteiger partial charge on any atom is 0.245 e. The van der Waals surface area contributed by atoms with Gasteiger partial charge in [0.05, 0.1) is 28.1 Å². The number of fused-ring (bicyclic) bond motifs is 3. The molecular formula is C23H26N8S. The van der Waals surface area contributed by atoms with Gasteiger partial charge in [0.2, 0.25) is 5.95 Å². The number of benzene rings is 1. The third kappa shape index (κ3) is 3.27. The molecule has 4 aromatic rings. The Morgan fingerprint density at radius 3 is 2.59 bits per heavy atom. The summed E-state index contributed by atoms with van der Waals surface area (Å²) in [5.41, 5.74) is 6.70. The normalized spacial score (nSPS) is 23.5. The van der Waals surface area contributed by atoms with E-state index in [0.717, 1.165) is 32.6 Å². The van der Waals surface area contributed by atoms with Crippen LogP contribution in [0.3, 0.4) is 0 Å². The molecule has 0 radical (unpaired) electrons. The lowest BCUT2D eigenvalue weighted by atomic mass is 9.82. The number of anilines is 1. The van der Waals surface area contributed by atoms with Crippen molar-refractivity contribution in [3.63, 3.8) is 0 Å². The summed E-state index contributed by atoms with van der Waals surface area (Å²) < 4.78 is 1.09. The molecule has 2 saturated heterocycles.